The van der Waals surface area contributed by atoms with Crippen LogP contribution in [0, 0.1) is 0 Å². The third-order valence-electron chi connectivity index (χ3n) is 6.84. The second kappa shape index (κ2) is 12.9. The van der Waals surface area contributed by atoms with Crippen LogP contribution in [-0.2, 0) is 11.3 Å². The summed E-state index contributed by atoms with van der Waals surface area (Å²) in [5.74, 6) is -0.299. The second-order valence-corrected chi connectivity index (χ2v) is 9.78. The zero-order chi connectivity index (χ0) is 22.9. The fourth-order valence-electron chi connectivity index (χ4n) is 4.82. The first-order chi connectivity index (χ1) is 15.5. The van der Waals surface area contributed by atoms with Crippen LogP contribution in [0.15, 0.2) is 16.6 Å². The Balaban J connectivity index is 1.54. The summed E-state index contributed by atoms with van der Waals surface area (Å²) < 4.78 is 6.34. The number of benzene rings is 1. The van der Waals surface area contributed by atoms with Gasteiger partial charge in [0.25, 0.3) is 0 Å². The largest absolute Gasteiger partial charge is 0.461 e. The van der Waals surface area contributed by atoms with Gasteiger partial charge in [-0.2, -0.15) is 0 Å². The molecule has 0 amide bonds. The number of piperazine rings is 1. The lowest BCUT2D eigenvalue weighted by Crippen LogP contribution is -2.48. The standard InChI is InChI=1S/C24H39BrN4O3/c1-2-29(21-6-4-3-5-7-21)18-20-16-19(17-22(25)23(20)26)24(31)32-15-13-28-10-8-27(9-11-28)12-14-30/h16-17,21,30H,2-15,18,26H2,1H3. The molecular weight excluding hydrogens is 472 g/mol. The maximum Gasteiger partial charge on any atom is 0.338 e. The first-order valence-corrected chi connectivity index (χ1v) is 12.9. The number of hydrogen-bond donors (Lipinski definition) is 2. The van der Waals surface area contributed by atoms with Crippen LogP contribution >= 0.6 is 15.9 Å². The van der Waals surface area contributed by atoms with E-state index in [1.165, 1.54) is 32.1 Å². The Hall–Kier alpha value is -1.19. The minimum atomic E-state index is -0.299. The number of carbonyl (C=O) groups is 1. The number of aliphatic hydroxyl groups is 1. The topological polar surface area (TPSA) is 82.3 Å². The maximum absolute atomic E-state index is 12.7. The van der Waals surface area contributed by atoms with E-state index in [0.717, 1.165) is 62.4 Å². The van der Waals surface area contributed by atoms with Gasteiger partial charge in [-0.15, -0.1) is 0 Å². The third kappa shape index (κ3) is 7.15. The third-order valence-corrected chi connectivity index (χ3v) is 7.50. The summed E-state index contributed by atoms with van der Waals surface area (Å²) in [6.45, 7) is 9.71. The van der Waals surface area contributed by atoms with Crippen LogP contribution < -0.4 is 5.73 Å². The van der Waals surface area contributed by atoms with Gasteiger partial charge in [0.2, 0.25) is 0 Å². The Kier molecular flexibility index (Phi) is 10.2. The summed E-state index contributed by atoms with van der Waals surface area (Å²) in [5, 5.41) is 9.05. The van der Waals surface area contributed by atoms with Gasteiger partial charge in [-0.1, -0.05) is 26.2 Å². The minimum absolute atomic E-state index is 0.202. The van der Waals surface area contributed by atoms with Gasteiger partial charge < -0.3 is 15.6 Å². The Morgan fingerprint density at radius 3 is 2.44 bits per heavy atom. The van der Waals surface area contributed by atoms with E-state index < -0.39 is 0 Å². The number of ether oxygens (including phenoxy) is 1. The molecule has 3 rings (SSSR count). The Morgan fingerprint density at radius 1 is 1.16 bits per heavy atom. The van der Waals surface area contributed by atoms with Gasteiger partial charge in [0.15, 0.2) is 0 Å². The average Bonchev–Trinajstić information content (AvgIpc) is 2.81. The van der Waals surface area contributed by atoms with Crippen LogP contribution in [-0.4, -0.2) is 90.8 Å². The SMILES string of the molecule is CCN(Cc1cc(C(=O)OCCN2CCN(CCO)CC2)cc(Br)c1N)C1CCCCC1. The first kappa shape index (κ1) is 25.4. The van der Waals surface area contributed by atoms with Crippen molar-refractivity contribution in [3.63, 3.8) is 0 Å². The molecule has 1 saturated heterocycles. The normalized spacial score (nSPS) is 18.9. The number of nitrogen functional groups attached to an aromatic ring is 1. The number of esters is 1. The summed E-state index contributed by atoms with van der Waals surface area (Å²) in [4.78, 5) is 19.8. The van der Waals surface area contributed by atoms with E-state index in [1.54, 1.807) is 6.07 Å². The zero-order valence-electron chi connectivity index (χ0n) is 19.4. The molecule has 7 nitrogen and oxygen atoms in total. The predicted molar refractivity (Wildman–Crippen MR) is 132 cm³/mol. The van der Waals surface area contributed by atoms with Crippen molar-refractivity contribution in [2.45, 2.75) is 51.6 Å². The van der Waals surface area contributed by atoms with Crippen molar-refractivity contribution < 1.29 is 14.6 Å². The molecule has 0 aromatic heterocycles. The van der Waals surface area contributed by atoms with Gasteiger partial charge in [0, 0.05) is 56.3 Å². The van der Waals surface area contributed by atoms with Crippen molar-refractivity contribution in [1.82, 2.24) is 14.7 Å². The molecular formula is C24H39BrN4O3. The summed E-state index contributed by atoms with van der Waals surface area (Å²) >= 11 is 3.54. The van der Waals surface area contributed by atoms with Crippen LogP contribution in [0.25, 0.3) is 0 Å². The molecule has 32 heavy (non-hydrogen) atoms. The number of hydrogen-bond acceptors (Lipinski definition) is 7. The Labute approximate surface area is 201 Å². The predicted octanol–water partition coefficient (Wildman–Crippen LogP) is 2.95. The number of nitrogens with two attached hydrogens (primary N) is 1. The molecule has 1 aromatic carbocycles. The molecule has 1 aliphatic carbocycles. The van der Waals surface area contributed by atoms with Gasteiger partial charge in [-0.3, -0.25) is 14.7 Å². The number of β-amino-alcohol motifs (C(OH)–C–C–N with tert-alkyl or cyclic N) is 1. The molecule has 2 aliphatic rings. The Morgan fingerprint density at radius 2 is 1.81 bits per heavy atom. The highest BCUT2D eigenvalue weighted by Gasteiger charge is 2.22. The minimum Gasteiger partial charge on any atom is -0.461 e. The van der Waals surface area contributed by atoms with Crippen molar-refractivity contribution in [2.75, 3.05) is 64.8 Å². The highest BCUT2D eigenvalue weighted by atomic mass is 79.9. The molecule has 0 spiro atoms. The molecule has 1 aromatic rings. The van der Waals surface area contributed by atoms with E-state index in [4.69, 9.17) is 15.6 Å². The highest BCUT2D eigenvalue weighted by Crippen LogP contribution is 2.30. The van der Waals surface area contributed by atoms with Crippen LogP contribution in [0.5, 0.6) is 0 Å². The van der Waals surface area contributed by atoms with E-state index in [9.17, 15) is 4.79 Å². The monoisotopic (exact) mass is 510 g/mol. The van der Waals surface area contributed by atoms with Gasteiger partial charge in [-0.25, -0.2) is 4.79 Å². The van der Waals surface area contributed by atoms with Gasteiger partial charge >= 0.3 is 5.97 Å². The van der Waals surface area contributed by atoms with E-state index >= 15 is 0 Å². The lowest BCUT2D eigenvalue weighted by molar-refractivity contribution is 0.0414. The molecule has 3 N–H and O–H groups in total. The molecule has 2 fully saturated rings. The quantitative estimate of drug-likeness (QED) is 0.369. The summed E-state index contributed by atoms with van der Waals surface area (Å²) in [6.07, 6.45) is 6.41. The van der Waals surface area contributed by atoms with E-state index in [-0.39, 0.29) is 12.6 Å². The highest BCUT2D eigenvalue weighted by molar-refractivity contribution is 9.10. The number of carbonyl (C=O) groups excluding carboxylic acids is 1. The number of halogens is 1. The van der Waals surface area contributed by atoms with Crippen molar-refractivity contribution in [3.8, 4) is 0 Å². The van der Waals surface area contributed by atoms with Crippen molar-refractivity contribution in [3.05, 3.63) is 27.7 Å². The van der Waals surface area contributed by atoms with Crippen molar-refractivity contribution >= 4 is 27.6 Å². The molecule has 8 heteroatoms. The van der Waals surface area contributed by atoms with Gasteiger partial charge in [0.1, 0.15) is 6.61 Å². The first-order valence-electron chi connectivity index (χ1n) is 12.1. The molecule has 180 valence electrons. The summed E-state index contributed by atoms with van der Waals surface area (Å²) in [7, 11) is 0. The molecule has 0 atom stereocenters. The van der Waals surface area contributed by atoms with Crippen molar-refractivity contribution in [2.24, 2.45) is 0 Å². The molecule has 1 aliphatic heterocycles. The van der Waals surface area contributed by atoms with Crippen LogP contribution in [0.2, 0.25) is 0 Å². The maximum atomic E-state index is 12.7. The lowest BCUT2D eigenvalue weighted by atomic mass is 9.93. The van der Waals surface area contributed by atoms with Crippen LogP contribution in [0.1, 0.15) is 54.9 Å². The fraction of sp³-hybridized carbons (Fsp3) is 0.708. The van der Waals surface area contributed by atoms with Gasteiger partial charge in [0.05, 0.1) is 17.9 Å². The molecule has 0 radical (unpaired) electrons. The molecule has 1 heterocycles. The van der Waals surface area contributed by atoms with Crippen molar-refractivity contribution in [1.29, 1.82) is 0 Å². The summed E-state index contributed by atoms with van der Waals surface area (Å²) in [5.41, 5.74) is 8.60. The lowest BCUT2D eigenvalue weighted by Gasteiger charge is -2.34. The van der Waals surface area contributed by atoms with Crippen LogP contribution in [0.4, 0.5) is 5.69 Å². The van der Waals surface area contributed by atoms with E-state index in [0.29, 0.717) is 23.9 Å². The fourth-order valence-corrected chi connectivity index (χ4v) is 5.32. The number of anilines is 1. The average molecular weight is 512 g/mol. The second-order valence-electron chi connectivity index (χ2n) is 8.93. The smallest absolute Gasteiger partial charge is 0.338 e. The van der Waals surface area contributed by atoms with Crippen LogP contribution in [0.3, 0.4) is 0 Å². The Bertz CT molecular complexity index is 734. The van der Waals surface area contributed by atoms with E-state index in [1.807, 2.05) is 6.07 Å². The molecule has 1 saturated carbocycles. The number of aliphatic hydroxyl groups excluding tert-OH is 1. The molecule has 0 unspecified atom stereocenters. The number of nitrogens with zero attached hydrogens (tertiary/aromatic N) is 3. The molecule has 0 bridgehead atoms. The van der Waals surface area contributed by atoms with E-state index in [2.05, 4.69) is 37.6 Å². The summed E-state index contributed by atoms with van der Waals surface area (Å²) in [6, 6.07) is 4.27. The zero-order valence-corrected chi connectivity index (χ0v) is 21.0. The number of rotatable bonds is 10. The van der Waals surface area contributed by atoms with Gasteiger partial charge in [-0.05, 0) is 53.0 Å².